The number of hydrogen-bond donors (Lipinski definition) is 8. The van der Waals surface area contributed by atoms with E-state index in [-0.39, 0.29) is 98.9 Å². The van der Waals surface area contributed by atoms with E-state index >= 15 is 0 Å². The van der Waals surface area contributed by atoms with Crippen molar-refractivity contribution in [2.45, 2.75) is 166 Å². The van der Waals surface area contributed by atoms with E-state index in [1.54, 1.807) is 50.3 Å². The number of thiol groups is 1. The van der Waals surface area contributed by atoms with Crippen LogP contribution in [0, 0.1) is 34.5 Å². The van der Waals surface area contributed by atoms with Crippen molar-refractivity contribution in [2.75, 3.05) is 25.0 Å². The SMILES string of the molecule is CCCC1O[C@@H]2C[C@H]3[C@@H]4CCC5=CC(=O)C=C[C@]5(C)[C@H]4[C@@H](O)C[C@]3(C)[C@]2(C(=O)COC(=O)NCc2ccc(NC(=O)[C@H](CCCNC(N)=O)NC(=O)C(NC(=O)CCCCCN3C(=O)CC(S)C3=O)C(C)C)cc2)O1. The highest BCUT2D eigenvalue weighted by Crippen LogP contribution is 2.69. The van der Waals surface area contributed by atoms with Gasteiger partial charge in [-0.25, -0.2) is 9.59 Å². The molecular formula is C54H75N7O13S. The van der Waals surface area contributed by atoms with Gasteiger partial charge >= 0.3 is 12.1 Å². The van der Waals surface area contributed by atoms with Gasteiger partial charge < -0.3 is 51.6 Å². The van der Waals surface area contributed by atoms with Crippen molar-refractivity contribution >= 4 is 71.5 Å². The molecule has 1 aromatic rings. The molecule has 0 spiro atoms. The van der Waals surface area contributed by atoms with Gasteiger partial charge in [-0.1, -0.05) is 71.2 Å². The van der Waals surface area contributed by atoms with E-state index in [9.17, 15) is 48.3 Å². The number of anilines is 1. The van der Waals surface area contributed by atoms with Crippen molar-refractivity contribution < 1.29 is 62.5 Å². The topological polar surface area (TPSA) is 291 Å². The quantitative estimate of drug-likeness (QED) is 0.0432. The number of ketones is 2. The Morgan fingerprint density at radius 3 is 2.41 bits per heavy atom. The summed E-state index contributed by atoms with van der Waals surface area (Å²) in [6.45, 7) is 9.46. The lowest BCUT2D eigenvalue weighted by molar-refractivity contribution is -0.200. The smallest absolute Gasteiger partial charge is 0.407 e. The minimum Gasteiger partial charge on any atom is -0.441 e. The predicted molar refractivity (Wildman–Crippen MR) is 277 cm³/mol. The molecule has 0 radical (unpaired) electrons. The lowest BCUT2D eigenvalue weighted by Gasteiger charge is -2.59. The number of primary amides is 1. The number of amides is 8. The summed E-state index contributed by atoms with van der Waals surface area (Å²) in [6, 6.07) is 3.78. The number of nitrogens with two attached hydrogens (primary N) is 1. The van der Waals surface area contributed by atoms with Crippen molar-refractivity contribution in [3.8, 4) is 0 Å². The maximum atomic E-state index is 14.6. The first-order valence-electron chi connectivity index (χ1n) is 26.6. The van der Waals surface area contributed by atoms with Crippen molar-refractivity contribution in [2.24, 2.45) is 40.2 Å². The summed E-state index contributed by atoms with van der Waals surface area (Å²) in [5.41, 5.74) is 4.50. The zero-order valence-electron chi connectivity index (χ0n) is 43.7. The van der Waals surface area contributed by atoms with Gasteiger partial charge in [0.1, 0.15) is 12.1 Å². The number of aliphatic hydroxyl groups excluding tert-OH is 1. The Bertz CT molecular complexity index is 2430. The first-order chi connectivity index (χ1) is 35.6. The first kappa shape index (κ1) is 57.1. The molecule has 7 rings (SSSR count). The van der Waals surface area contributed by atoms with Crippen LogP contribution < -0.4 is 32.3 Å². The van der Waals surface area contributed by atoms with Gasteiger partial charge in [0.15, 0.2) is 24.3 Å². The van der Waals surface area contributed by atoms with Gasteiger partial charge in [0.05, 0.1) is 17.5 Å². The zero-order chi connectivity index (χ0) is 54.4. The number of unbranched alkanes of at least 4 members (excludes halogenated alkanes) is 2. The number of alkyl carbamates (subject to hydrolysis) is 1. The molecule has 75 heavy (non-hydrogen) atoms. The van der Waals surface area contributed by atoms with Gasteiger partial charge in [-0.05, 0) is 105 Å². The van der Waals surface area contributed by atoms with Crippen LogP contribution in [0.4, 0.5) is 15.3 Å². The van der Waals surface area contributed by atoms with Crippen LogP contribution in [0.2, 0.25) is 0 Å². The molecular weight excluding hydrogens is 987 g/mol. The lowest BCUT2D eigenvalue weighted by atomic mass is 9.46. The number of aliphatic hydroxyl groups is 1. The molecule has 6 aliphatic rings. The van der Waals surface area contributed by atoms with Gasteiger partial charge in [-0.3, -0.25) is 38.5 Å². The molecule has 20 nitrogen and oxygen atoms in total. The van der Waals surface area contributed by atoms with Gasteiger partial charge in [-0.2, -0.15) is 12.6 Å². The fourth-order valence-electron chi connectivity index (χ4n) is 12.9. The van der Waals surface area contributed by atoms with Crippen LogP contribution in [-0.2, 0) is 54.3 Å². The van der Waals surface area contributed by atoms with Gasteiger partial charge in [0.2, 0.25) is 35.3 Å². The zero-order valence-corrected chi connectivity index (χ0v) is 44.5. The molecule has 2 aliphatic heterocycles. The van der Waals surface area contributed by atoms with Crippen LogP contribution in [-0.4, -0.2) is 124 Å². The minimum atomic E-state index is -1.45. The lowest BCUT2D eigenvalue weighted by Crippen LogP contribution is -2.63. The Morgan fingerprint density at radius 2 is 1.73 bits per heavy atom. The Kier molecular flexibility index (Phi) is 18.4. The average molecular weight is 1060 g/mol. The summed E-state index contributed by atoms with van der Waals surface area (Å²) in [6.07, 6.45) is 8.14. The number of carbonyl (C=O) groups is 9. The number of ether oxygens (including phenoxy) is 3. The molecule has 3 saturated carbocycles. The van der Waals surface area contributed by atoms with Crippen LogP contribution in [0.3, 0.4) is 0 Å². The number of hydrogen-bond acceptors (Lipinski definition) is 14. The van der Waals surface area contributed by atoms with E-state index in [4.69, 9.17) is 19.9 Å². The third-order valence-electron chi connectivity index (χ3n) is 16.6. The molecule has 8 amide bonds. The van der Waals surface area contributed by atoms with Gasteiger partial charge in [0, 0.05) is 54.9 Å². The molecule has 4 aliphatic carbocycles. The molecule has 2 heterocycles. The Hall–Kier alpha value is -5.64. The second kappa shape index (κ2) is 24.1. The number of rotatable bonds is 23. The first-order valence-corrected chi connectivity index (χ1v) is 27.1. The molecule has 3 unspecified atom stereocenters. The summed E-state index contributed by atoms with van der Waals surface area (Å²) < 4.78 is 18.8. The van der Waals surface area contributed by atoms with Crippen LogP contribution in [0.25, 0.3) is 0 Å². The largest absolute Gasteiger partial charge is 0.441 e. The molecule has 0 bridgehead atoms. The fraction of sp³-hybridized carbons (Fsp3) is 0.648. The van der Waals surface area contributed by atoms with E-state index in [0.29, 0.717) is 49.8 Å². The van der Waals surface area contributed by atoms with E-state index < -0.39 is 88.6 Å². The number of Topliss-reactive ketones (excluding diaryl/α,β-unsaturated/α-hetero) is 1. The number of urea groups is 1. The maximum Gasteiger partial charge on any atom is 0.407 e. The summed E-state index contributed by atoms with van der Waals surface area (Å²) in [7, 11) is 0. The Labute approximate surface area is 443 Å². The second-order valence-electron chi connectivity index (χ2n) is 21.9. The molecule has 12 atom stereocenters. The normalized spacial score (nSPS) is 30.3. The van der Waals surface area contributed by atoms with E-state index in [0.717, 1.165) is 18.4 Å². The van der Waals surface area contributed by atoms with Crippen molar-refractivity contribution in [1.82, 2.24) is 26.2 Å². The highest BCUT2D eigenvalue weighted by atomic mass is 32.1. The van der Waals surface area contributed by atoms with Gasteiger partial charge in [0.25, 0.3) is 0 Å². The molecule has 8 N–H and O–H groups in total. The van der Waals surface area contributed by atoms with Crippen molar-refractivity contribution in [1.29, 1.82) is 0 Å². The number of benzene rings is 1. The number of imide groups is 1. The molecule has 1 aromatic carbocycles. The minimum absolute atomic E-state index is 0.0166. The monoisotopic (exact) mass is 1060 g/mol. The van der Waals surface area contributed by atoms with Crippen LogP contribution in [0.1, 0.15) is 124 Å². The number of fused-ring (bicyclic) bond motifs is 7. The number of nitrogens with one attached hydrogen (secondary N) is 5. The summed E-state index contributed by atoms with van der Waals surface area (Å²) >= 11 is 4.14. The number of carbonyl (C=O) groups excluding carboxylic acids is 9. The highest BCUT2D eigenvalue weighted by molar-refractivity contribution is 7.81. The summed E-state index contributed by atoms with van der Waals surface area (Å²) in [5.74, 6) is -3.06. The van der Waals surface area contributed by atoms with Crippen LogP contribution in [0.5, 0.6) is 0 Å². The summed E-state index contributed by atoms with van der Waals surface area (Å²) in [4.78, 5) is 117. The van der Waals surface area contributed by atoms with E-state index in [1.165, 1.54) is 4.90 Å². The van der Waals surface area contributed by atoms with Crippen LogP contribution in [0.15, 0.2) is 48.1 Å². The molecule has 5 fully saturated rings. The van der Waals surface area contributed by atoms with E-state index in [1.807, 2.05) is 19.9 Å². The maximum absolute atomic E-state index is 14.6. The van der Waals surface area contributed by atoms with Crippen LogP contribution >= 0.6 is 12.6 Å². The standard InChI is InChI=1S/C54H75N7O13S/c1-6-11-44-73-41-25-36-35-19-16-32-24-34(62)20-21-52(32,4)45(35)38(63)27-53(36,5)54(41,74-44)40(64)29-72-51(71)57-28-31-14-17-33(18-15-31)58-47(67)37(12-10-22-56-50(55)70)59-48(68)46(30(2)3)60-42(65)13-8-7-9-23-61-43(66)26-39(75)49(61)69/h14-15,17-18,20-21,24,30,35-39,41,44-46,63,75H,6-13,16,19,22-23,25-29H2,1-5H3,(H,57,71)(H,58,67)(H,59,68)(H,60,65)(H3,55,56,70)/t35-,36-,37-,38-,39?,41+,44?,45+,46?,52-,53-,54+/m0/s1. The predicted octanol–water partition coefficient (Wildman–Crippen LogP) is 4.28. The van der Waals surface area contributed by atoms with E-state index in [2.05, 4.69) is 46.1 Å². The molecule has 21 heteroatoms. The third-order valence-corrected chi connectivity index (χ3v) is 17.0. The number of nitrogens with zero attached hydrogens (tertiary/aromatic N) is 1. The van der Waals surface area contributed by atoms with Gasteiger partial charge in [-0.15, -0.1) is 0 Å². The number of allylic oxidation sites excluding steroid dienone is 4. The average Bonchev–Trinajstić information content (AvgIpc) is 3.94. The highest BCUT2D eigenvalue weighted by Gasteiger charge is 2.76. The van der Waals surface area contributed by atoms with Crippen molar-refractivity contribution in [3.63, 3.8) is 0 Å². The second-order valence-corrected chi connectivity index (χ2v) is 22.5. The molecule has 410 valence electrons. The Morgan fingerprint density at radius 1 is 0.987 bits per heavy atom. The summed E-state index contributed by atoms with van der Waals surface area (Å²) in [5, 5.41) is 24.9. The molecule has 0 aromatic heterocycles. The Balaban J connectivity index is 0.911. The fourth-order valence-corrected chi connectivity index (χ4v) is 13.2. The van der Waals surface area contributed by atoms with Crippen molar-refractivity contribution in [3.05, 3.63) is 53.6 Å². The molecule has 2 saturated heterocycles. The third kappa shape index (κ3) is 12.3. The number of likely N-dealkylation sites (tertiary alicyclic amines) is 1.